The summed E-state index contributed by atoms with van der Waals surface area (Å²) in [6.07, 6.45) is 1.96. The molecule has 1 saturated carbocycles. The molecule has 0 radical (unpaired) electrons. The molecule has 3 nitrogen and oxygen atoms in total. The molecule has 0 aromatic heterocycles. The summed E-state index contributed by atoms with van der Waals surface area (Å²) in [6.45, 7) is 5.67. The second-order valence-corrected chi connectivity index (χ2v) is 6.50. The van der Waals surface area contributed by atoms with Crippen molar-refractivity contribution in [3.63, 3.8) is 0 Å². The summed E-state index contributed by atoms with van der Waals surface area (Å²) in [5, 5.41) is 0. The van der Waals surface area contributed by atoms with Gasteiger partial charge in [-0.1, -0.05) is 44.2 Å². The third-order valence-electron chi connectivity index (χ3n) is 4.89. The Morgan fingerprint density at radius 2 is 1.79 bits per heavy atom. The summed E-state index contributed by atoms with van der Waals surface area (Å²) in [7, 11) is 0. The van der Waals surface area contributed by atoms with Gasteiger partial charge in [-0.05, 0) is 24.3 Å². The Morgan fingerprint density at radius 3 is 2.26 bits per heavy atom. The number of hydrogen-bond donors (Lipinski definition) is 1. The molecule has 102 valence electrons. The van der Waals surface area contributed by atoms with E-state index in [0.29, 0.717) is 19.0 Å². The van der Waals surface area contributed by atoms with Crippen LogP contribution in [0.4, 0.5) is 0 Å². The van der Waals surface area contributed by atoms with Gasteiger partial charge in [-0.15, -0.1) is 0 Å². The van der Waals surface area contributed by atoms with Gasteiger partial charge >= 0.3 is 0 Å². The molecule has 2 fully saturated rings. The van der Waals surface area contributed by atoms with E-state index in [9.17, 15) is 4.79 Å². The van der Waals surface area contributed by atoms with Gasteiger partial charge in [0.1, 0.15) is 0 Å². The lowest BCUT2D eigenvalue weighted by atomic mass is 9.79. The van der Waals surface area contributed by atoms with Crippen LogP contribution in [0.3, 0.4) is 0 Å². The van der Waals surface area contributed by atoms with Crippen LogP contribution in [-0.4, -0.2) is 29.4 Å². The van der Waals surface area contributed by atoms with Crippen LogP contribution in [0, 0.1) is 5.92 Å². The van der Waals surface area contributed by atoms with Crippen LogP contribution in [0.2, 0.25) is 0 Å². The number of carbonyl (C=O) groups excluding carboxylic acids is 1. The second-order valence-electron chi connectivity index (χ2n) is 6.50. The second kappa shape index (κ2) is 4.07. The zero-order chi connectivity index (χ0) is 13.7. The third kappa shape index (κ3) is 1.88. The van der Waals surface area contributed by atoms with Gasteiger partial charge in [-0.25, -0.2) is 0 Å². The normalized spacial score (nSPS) is 23.1. The predicted molar refractivity (Wildman–Crippen MR) is 75.7 cm³/mol. The standard InChI is InChI=1S/C16H22N2O/c1-12(2)16(17)10-18(11-16)14(19)15(8-9-15)13-6-4-3-5-7-13/h3-7,12H,8-11,17H2,1-2H3. The molecule has 0 spiro atoms. The fourth-order valence-corrected chi connectivity index (χ4v) is 2.98. The highest BCUT2D eigenvalue weighted by atomic mass is 16.2. The average Bonchev–Trinajstić information content (AvgIpc) is 3.16. The quantitative estimate of drug-likeness (QED) is 0.900. The van der Waals surface area contributed by atoms with Crippen molar-refractivity contribution >= 4 is 5.91 Å². The molecule has 1 aliphatic heterocycles. The van der Waals surface area contributed by atoms with Gasteiger partial charge in [0.25, 0.3) is 0 Å². The maximum atomic E-state index is 12.7. The SMILES string of the molecule is CC(C)C1(N)CN(C(=O)C2(c3ccccc3)CC2)C1. The minimum absolute atomic E-state index is 0.178. The lowest BCUT2D eigenvalue weighted by Gasteiger charge is -2.51. The molecule has 3 rings (SSSR count). The molecule has 0 unspecified atom stereocenters. The highest BCUT2D eigenvalue weighted by Crippen LogP contribution is 2.50. The van der Waals surface area contributed by atoms with Gasteiger partial charge in [0.15, 0.2) is 0 Å². The van der Waals surface area contributed by atoms with Crippen molar-refractivity contribution in [1.29, 1.82) is 0 Å². The van der Waals surface area contributed by atoms with Crippen LogP contribution in [0.5, 0.6) is 0 Å². The maximum absolute atomic E-state index is 12.7. The average molecular weight is 258 g/mol. The van der Waals surface area contributed by atoms with Crippen molar-refractivity contribution in [1.82, 2.24) is 4.90 Å². The number of likely N-dealkylation sites (tertiary alicyclic amines) is 1. The Kier molecular flexibility index (Phi) is 2.72. The molecule has 0 atom stereocenters. The number of benzene rings is 1. The zero-order valence-electron chi connectivity index (χ0n) is 11.7. The lowest BCUT2D eigenvalue weighted by Crippen LogP contribution is -2.72. The predicted octanol–water partition coefficient (Wildman–Crippen LogP) is 1.91. The summed E-state index contributed by atoms with van der Waals surface area (Å²) in [6, 6.07) is 10.2. The summed E-state index contributed by atoms with van der Waals surface area (Å²) in [4.78, 5) is 14.6. The van der Waals surface area contributed by atoms with Crippen LogP contribution in [0.1, 0.15) is 32.3 Å². The van der Waals surface area contributed by atoms with Gasteiger partial charge < -0.3 is 10.6 Å². The first kappa shape index (κ1) is 12.7. The van der Waals surface area contributed by atoms with E-state index in [0.717, 1.165) is 12.8 Å². The smallest absolute Gasteiger partial charge is 0.233 e. The Labute approximate surface area is 114 Å². The van der Waals surface area contributed by atoms with E-state index in [1.807, 2.05) is 23.1 Å². The number of carbonyl (C=O) groups is 1. The molecule has 2 N–H and O–H groups in total. The molecule has 0 bridgehead atoms. The molecule has 1 aliphatic carbocycles. The third-order valence-corrected chi connectivity index (χ3v) is 4.89. The minimum Gasteiger partial charge on any atom is -0.338 e. The number of nitrogens with two attached hydrogens (primary N) is 1. The highest BCUT2D eigenvalue weighted by Gasteiger charge is 2.56. The lowest BCUT2D eigenvalue weighted by molar-refractivity contribution is -0.143. The maximum Gasteiger partial charge on any atom is 0.233 e. The first-order chi connectivity index (χ1) is 8.98. The van der Waals surface area contributed by atoms with Crippen LogP contribution < -0.4 is 5.73 Å². The molecular weight excluding hydrogens is 236 g/mol. The van der Waals surface area contributed by atoms with Crippen molar-refractivity contribution in [3.8, 4) is 0 Å². The summed E-state index contributed by atoms with van der Waals surface area (Å²) in [5.41, 5.74) is 7.03. The summed E-state index contributed by atoms with van der Waals surface area (Å²) >= 11 is 0. The van der Waals surface area contributed by atoms with E-state index in [-0.39, 0.29) is 16.9 Å². The highest BCUT2D eigenvalue weighted by molar-refractivity contribution is 5.92. The van der Waals surface area contributed by atoms with Gasteiger partial charge in [-0.2, -0.15) is 0 Å². The van der Waals surface area contributed by atoms with Crippen molar-refractivity contribution in [2.45, 2.75) is 37.6 Å². The fourth-order valence-electron chi connectivity index (χ4n) is 2.98. The van der Waals surface area contributed by atoms with E-state index in [2.05, 4.69) is 26.0 Å². The van der Waals surface area contributed by atoms with Crippen molar-refractivity contribution < 1.29 is 4.79 Å². The van der Waals surface area contributed by atoms with Crippen molar-refractivity contribution in [3.05, 3.63) is 35.9 Å². The zero-order valence-corrected chi connectivity index (χ0v) is 11.7. The summed E-state index contributed by atoms with van der Waals surface area (Å²) in [5.74, 6) is 0.698. The van der Waals surface area contributed by atoms with Crippen LogP contribution in [-0.2, 0) is 10.2 Å². The number of amides is 1. The van der Waals surface area contributed by atoms with Gasteiger partial charge in [0, 0.05) is 13.1 Å². The fraction of sp³-hybridized carbons (Fsp3) is 0.562. The van der Waals surface area contributed by atoms with E-state index < -0.39 is 0 Å². The first-order valence-electron chi connectivity index (χ1n) is 7.12. The van der Waals surface area contributed by atoms with Crippen molar-refractivity contribution in [2.24, 2.45) is 11.7 Å². The monoisotopic (exact) mass is 258 g/mol. The minimum atomic E-state index is -0.237. The number of rotatable bonds is 3. The van der Waals surface area contributed by atoms with E-state index in [4.69, 9.17) is 5.73 Å². The van der Waals surface area contributed by atoms with E-state index >= 15 is 0 Å². The Hall–Kier alpha value is -1.35. The van der Waals surface area contributed by atoms with Gasteiger partial charge in [0.2, 0.25) is 5.91 Å². The molecule has 1 amide bonds. The largest absolute Gasteiger partial charge is 0.338 e. The van der Waals surface area contributed by atoms with E-state index in [1.54, 1.807) is 0 Å². The van der Waals surface area contributed by atoms with E-state index in [1.165, 1.54) is 5.56 Å². The van der Waals surface area contributed by atoms with Gasteiger partial charge in [-0.3, -0.25) is 4.79 Å². The molecule has 2 aliphatic rings. The Bertz CT molecular complexity index is 485. The molecule has 1 aromatic rings. The number of nitrogens with zero attached hydrogens (tertiary/aromatic N) is 1. The molecular formula is C16H22N2O. The topological polar surface area (TPSA) is 46.3 Å². The summed E-state index contributed by atoms with van der Waals surface area (Å²) < 4.78 is 0. The van der Waals surface area contributed by atoms with Crippen molar-refractivity contribution in [2.75, 3.05) is 13.1 Å². The molecule has 1 aromatic carbocycles. The molecule has 1 heterocycles. The Balaban J connectivity index is 1.73. The molecule has 1 saturated heterocycles. The van der Waals surface area contributed by atoms with Gasteiger partial charge in [0.05, 0.1) is 11.0 Å². The van der Waals surface area contributed by atoms with Crippen LogP contribution in [0.15, 0.2) is 30.3 Å². The van der Waals surface area contributed by atoms with Crippen LogP contribution >= 0.6 is 0 Å². The first-order valence-corrected chi connectivity index (χ1v) is 7.12. The Morgan fingerprint density at radius 1 is 1.21 bits per heavy atom. The number of hydrogen-bond acceptors (Lipinski definition) is 2. The molecule has 19 heavy (non-hydrogen) atoms. The van der Waals surface area contributed by atoms with Crippen LogP contribution in [0.25, 0.3) is 0 Å². The molecule has 3 heteroatoms.